The summed E-state index contributed by atoms with van der Waals surface area (Å²) in [6.45, 7) is 0.868. The SMILES string of the molecule is CC(=O)OC[C@]12C[C@H]1[C@@H](O)[C@@H]1C=CO[C@@H](O[C@@H]3O[C@H](CO)[C@@H](O)[C@H](O)[C@H]3O)[C@@H]12. The van der Waals surface area contributed by atoms with E-state index in [9.17, 15) is 30.3 Å². The topological polar surface area (TPSA) is 155 Å². The molecule has 28 heavy (non-hydrogen) atoms. The summed E-state index contributed by atoms with van der Waals surface area (Å²) < 4.78 is 22.0. The molecule has 10 heteroatoms. The summed E-state index contributed by atoms with van der Waals surface area (Å²) in [5, 5.41) is 50.0. The van der Waals surface area contributed by atoms with Crippen molar-refractivity contribution in [1.29, 1.82) is 0 Å². The molecule has 0 radical (unpaired) electrons. The maximum Gasteiger partial charge on any atom is 0.302 e. The molecule has 2 aliphatic carbocycles. The van der Waals surface area contributed by atoms with Crippen molar-refractivity contribution in [3.05, 3.63) is 12.3 Å². The van der Waals surface area contributed by atoms with E-state index in [4.69, 9.17) is 18.9 Å². The van der Waals surface area contributed by atoms with E-state index in [0.717, 1.165) is 0 Å². The van der Waals surface area contributed by atoms with Crippen LogP contribution in [0.25, 0.3) is 0 Å². The third kappa shape index (κ3) is 3.04. The smallest absolute Gasteiger partial charge is 0.302 e. The zero-order valence-electron chi connectivity index (χ0n) is 15.3. The van der Waals surface area contributed by atoms with E-state index in [1.54, 1.807) is 6.08 Å². The Balaban J connectivity index is 1.53. The summed E-state index contributed by atoms with van der Waals surface area (Å²) in [4.78, 5) is 11.3. The summed E-state index contributed by atoms with van der Waals surface area (Å²) in [5.74, 6) is -1.12. The van der Waals surface area contributed by atoms with Gasteiger partial charge in [-0.3, -0.25) is 4.79 Å². The fraction of sp³-hybridized carbons (Fsp3) is 0.833. The van der Waals surface area contributed by atoms with Gasteiger partial charge in [0.25, 0.3) is 0 Å². The van der Waals surface area contributed by atoms with Crippen molar-refractivity contribution in [1.82, 2.24) is 0 Å². The van der Waals surface area contributed by atoms with Gasteiger partial charge in [0, 0.05) is 24.2 Å². The lowest BCUT2D eigenvalue weighted by molar-refractivity contribution is -0.344. The van der Waals surface area contributed by atoms with Crippen molar-refractivity contribution >= 4 is 5.97 Å². The van der Waals surface area contributed by atoms with Gasteiger partial charge in [0.2, 0.25) is 6.29 Å². The average molecular weight is 402 g/mol. The second-order valence-electron chi connectivity index (χ2n) is 8.08. The van der Waals surface area contributed by atoms with Crippen LogP contribution in [-0.4, -0.2) is 87.8 Å². The number of carbonyl (C=O) groups excluding carboxylic acids is 1. The molecule has 2 aliphatic heterocycles. The van der Waals surface area contributed by atoms with Crippen molar-refractivity contribution in [3.8, 4) is 0 Å². The van der Waals surface area contributed by atoms with Crippen LogP contribution in [0.15, 0.2) is 12.3 Å². The van der Waals surface area contributed by atoms with Crippen LogP contribution in [0.2, 0.25) is 0 Å². The van der Waals surface area contributed by atoms with Crippen molar-refractivity contribution in [2.45, 2.75) is 56.4 Å². The Morgan fingerprint density at radius 2 is 1.89 bits per heavy atom. The number of aliphatic hydroxyl groups is 5. The third-order valence-corrected chi connectivity index (χ3v) is 6.53. The number of aliphatic hydroxyl groups excluding tert-OH is 5. The highest BCUT2D eigenvalue weighted by molar-refractivity contribution is 5.66. The molecule has 158 valence electrons. The number of ether oxygens (including phenoxy) is 4. The van der Waals surface area contributed by atoms with E-state index in [-0.39, 0.29) is 24.4 Å². The van der Waals surface area contributed by atoms with Gasteiger partial charge in [-0.25, -0.2) is 0 Å². The minimum atomic E-state index is -1.57. The molecular formula is C18H26O10. The Morgan fingerprint density at radius 1 is 1.14 bits per heavy atom. The minimum Gasteiger partial charge on any atom is -0.472 e. The van der Waals surface area contributed by atoms with Gasteiger partial charge in [-0.1, -0.05) is 0 Å². The Kier molecular flexibility index (Phi) is 5.15. The normalized spacial score (nSPS) is 51.8. The lowest BCUT2D eigenvalue weighted by Crippen LogP contribution is -2.60. The Morgan fingerprint density at radius 3 is 2.57 bits per heavy atom. The van der Waals surface area contributed by atoms with E-state index in [1.165, 1.54) is 13.2 Å². The molecule has 4 aliphatic rings. The minimum absolute atomic E-state index is 0.0610. The molecule has 0 bridgehead atoms. The van der Waals surface area contributed by atoms with Crippen molar-refractivity contribution in [2.75, 3.05) is 13.2 Å². The maximum atomic E-state index is 11.3. The fourth-order valence-corrected chi connectivity index (χ4v) is 4.97. The largest absolute Gasteiger partial charge is 0.472 e. The number of esters is 1. The summed E-state index contributed by atoms with van der Waals surface area (Å²) >= 11 is 0. The summed E-state index contributed by atoms with van der Waals surface area (Å²) in [6.07, 6.45) is -4.85. The second kappa shape index (κ2) is 7.21. The van der Waals surface area contributed by atoms with Crippen molar-refractivity contribution in [2.24, 2.45) is 23.2 Å². The molecule has 10 nitrogen and oxygen atoms in total. The molecule has 0 aromatic rings. The number of fused-ring (bicyclic) bond motifs is 3. The Labute approximate surface area is 161 Å². The van der Waals surface area contributed by atoms with Gasteiger partial charge >= 0.3 is 5.97 Å². The molecule has 0 unspecified atom stereocenters. The fourth-order valence-electron chi connectivity index (χ4n) is 4.97. The molecule has 5 N–H and O–H groups in total. The highest BCUT2D eigenvalue weighted by Gasteiger charge is 2.74. The Bertz CT molecular complexity index is 638. The monoisotopic (exact) mass is 402 g/mol. The molecule has 2 saturated carbocycles. The van der Waals surface area contributed by atoms with Crippen LogP contribution in [0.3, 0.4) is 0 Å². The highest BCUT2D eigenvalue weighted by Crippen LogP contribution is 2.70. The van der Waals surface area contributed by atoms with Crippen LogP contribution in [-0.2, 0) is 23.7 Å². The molecular weight excluding hydrogens is 376 g/mol. The van der Waals surface area contributed by atoms with Gasteiger partial charge in [-0.2, -0.15) is 0 Å². The van der Waals surface area contributed by atoms with E-state index >= 15 is 0 Å². The van der Waals surface area contributed by atoms with Gasteiger partial charge in [-0.15, -0.1) is 0 Å². The first kappa shape index (κ1) is 20.0. The molecule has 0 spiro atoms. The van der Waals surface area contributed by atoms with Gasteiger partial charge in [-0.05, 0) is 18.4 Å². The molecule has 11 atom stereocenters. The van der Waals surface area contributed by atoms with Gasteiger partial charge in [0.05, 0.1) is 25.6 Å². The standard InChI is InChI=1S/C18H26O10/c1-7(20)26-6-18-4-9(18)12(21)8-2-3-25-16(11(8)18)28-17-15(24)14(23)13(22)10(5-19)27-17/h2-3,8-17,19,21-24H,4-6H2,1H3/t8-,9+,10-,11-,12+,13-,14+,15-,16+,17+,18-/m1/s1. The summed E-state index contributed by atoms with van der Waals surface area (Å²) in [7, 11) is 0. The highest BCUT2D eigenvalue weighted by atomic mass is 16.8. The maximum absolute atomic E-state index is 11.3. The van der Waals surface area contributed by atoms with Gasteiger partial charge < -0.3 is 44.5 Å². The number of carbonyl (C=O) groups is 1. The summed E-state index contributed by atoms with van der Waals surface area (Å²) in [6, 6.07) is 0. The van der Waals surface area contributed by atoms with E-state index in [1.807, 2.05) is 0 Å². The summed E-state index contributed by atoms with van der Waals surface area (Å²) in [5.41, 5.74) is -0.501. The average Bonchev–Trinajstić information content (AvgIpc) is 3.36. The van der Waals surface area contributed by atoms with Crippen LogP contribution in [0.1, 0.15) is 13.3 Å². The molecule has 0 aromatic carbocycles. The number of rotatable bonds is 5. The number of hydrogen-bond donors (Lipinski definition) is 5. The Hall–Kier alpha value is -1.27. The van der Waals surface area contributed by atoms with Gasteiger partial charge in [0.1, 0.15) is 24.4 Å². The first-order chi connectivity index (χ1) is 13.3. The molecule has 3 fully saturated rings. The first-order valence-corrected chi connectivity index (χ1v) is 9.39. The lowest BCUT2D eigenvalue weighted by Gasteiger charge is -2.43. The van der Waals surface area contributed by atoms with Crippen LogP contribution >= 0.6 is 0 Å². The second-order valence-corrected chi connectivity index (χ2v) is 8.08. The predicted molar refractivity (Wildman–Crippen MR) is 89.0 cm³/mol. The van der Waals surface area contributed by atoms with Crippen molar-refractivity contribution in [3.63, 3.8) is 0 Å². The molecule has 0 amide bonds. The van der Waals surface area contributed by atoms with Crippen LogP contribution < -0.4 is 0 Å². The molecule has 1 saturated heterocycles. The number of hydrogen-bond acceptors (Lipinski definition) is 10. The molecule has 0 aromatic heterocycles. The van der Waals surface area contributed by atoms with Crippen LogP contribution in [0.4, 0.5) is 0 Å². The zero-order chi connectivity index (χ0) is 20.2. The molecule has 4 rings (SSSR count). The lowest BCUT2D eigenvalue weighted by atomic mass is 9.81. The van der Waals surface area contributed by atoms with Crippen molar-refractivity contribution < 1.29 is 49.3 Å². The van der Waals surface area contributed by atoms with Crippen LogP contribution in [0, 0.1) is 23.2 Å². The van der Waals surface area contributed by atoms with E-state index in [2.05, 4.69) is 0 Å². The zero-order valence-corrected chi connectivity index (χ0v) is 15.3. The van der Waals surface area contributed by atoms with Crippen LogP contribution in [0.5, 0.6) is 0 Å². The van der Waals surface area contributed by atoms with E-state index < -0.39 is 61.1 Å². The van der Waals surface area contributed by atoms with Gasteiger partial charge in [0.15, 0.2) is 6.29 Å². The first-order valence-electron chi connectivity index (χ1n) is 9.39. The quantitative estimate of drug-likeness (QED) is 0.321. The predicted octanol–water partition coefficient (Wildman–Crippen LogP) is -2.15. The van der Waals surface area contributed by atoms with E-state index in [0.29, 0.717) is 6.42 Å². The molecule has 2 heterocycles. The third-order valence-electron chi connectivity index (χ3n) is 6.53.